The SMILES string of the molecule is N[C@@H](Cc1ccc(O)c(O)c1)C(=O)NCCc1ncn[nH]1. The van der Waals surface area contributed by atoms with E-state index in [2.05, 4.69) is 20.5 Å². The molecule has 0 aliphatic rings. The number of nitrogens with zero attached hydrogens (tertiary/aromatic N) is 2. The van der Waals surface area contributed by atoms with Gasteiger partial charge in [-0.25, -0.2) is 4.98 Å². The van der Waals surface area contributed by atoms with Gasteiger partial charge in [-0.2, -0.15) is 5.10 Å². The molecule has 6 N–H and O–H groups in total. The van der Waals surface area contributed by atoms with Crippen LogP contribution < -0.4 is 11.1 Å². The normalized spacial score (nSPS) is 12.0. The molecule has 0 spiro atoms. The summed E-state index contributed by atoms with van der Waals surface area (Å²) in [5, 5.41) is 27.7. The number of phenolic OH excluding ortho intramolecular Hbond substituents is 2. The minimum atomic E-state index is -0.733. The fourth-order valence-electron chi connectivity index (χ4n) is 1.83. The van der Waals surface area contributed by atoms with Gasteiger partial charge in [0.1, 0.15) is 12.2 Å². The van der Waals surface area contributed by atoms with E-state index in [-0.39, 0.29) is 23.8 Å². The van der Waals surface area contributed by atoms with Crippen molar-refractivity contribution in [3.8, 4) is 11.5 Å². The summed E-state index contributed by atoms with van der Waals surface area (Å²) in [6.07, 6.45) is 2.21. The quantitative estimate of drug-likeness (QED) is 0.453. The third kappa shape index (κ3) is 4.18. The van der Waals surface area contributed by atoms with Gasteiger partial charge in [-0.1, -0.05) is 6.07 Å². The monoisotopic (exact) mass is 291 g/mol. The molecule has 1 atom stereocenters. The standard InChI is InChI=1S/C13H17N5O3/c14-9(5-8-1-2-10(19)11(20)6-8)13(21)15-4-3-12-16-7-17-18-12/h1-2,6-7,9,19-20H,3-5,14H2,(H,15,21)(H,16,17,18)/t9-/m0/s1. The van der Waals surface area contributed by atoms with E-state index in [1.807, 2.05) is 0 Å². The topological polar surface area (TPSA) is 137 Å². The van der Waals surface area contributed by atoms with E-state index in [4.69, 9.17) is 5.73 Å². The second-order valence-corrected chi connectivity index (χ2v) is 4.61. The number of aromatic amines is 1. The van der Waals surface area contributed by atoms with Gasteiger partial charge in [0, 0.05) is 13.0 Å². The van der Waals surface area contributed by atoms with Crippen molar-refractivity contribution in [2.45, 2.75) is 18.9 Å². The van der Waals surface area contributed by atoms with Crippen molar-refractivity contribution in [1.82, 2.24) is 20.5 Å². The molecule has 0 bridgehead atoms. The number of H-pyrrole nitrogens is 1. The summed E-state index contributed by atoms with van der Waals surface area (Å²) in [7, 11) is 0. The molecule has 0 unspecified atom stereocenters. The van der Waals surface area contributed by atoms with Gasteiger partial charge in [-0.15, -0.1) is 0 Å². The molecule has 1 aromatic heterocycles. The van der Waals surface area contributed by atoms with Crippen LogP contribution in [-0.4, -0.2) is 43.9 Å². The fourth-order valence-corrected chi connectivity index (χ4v) is 1.83. The smallest absolute Gasteiger partial charge is 0.237 e. The number of amides is 1. The summed E-state index contributed by atoms with van der Waals surface area (Å²) in [4.78, 5) is 15.8. The van der Waals surface area contributed by atoms with E-state index in [0.717, 1.165) is 0 Å². The van der Waals surface area contributed by atoms with Crippen LogP contribution in [0.4, 0.5) is 0 Å². The first-order valence-corrected chi connectivity index (χ1v) is 6.44. The Morgan fingerprint density at radius 1 is 1.38 bits per heavy atom. The average Bonchev–Trinajstić information content (AvgIpc) is 2.96. The summed E-state index contributed by atoms with van der Waals surface area (Å²) in [5.74, 6) is -0.0383. The lowest BCUT2D eigenvalue weighted by atomic mass is 10.1. The van der Waals surface area contributed by atoms with Crippen LogP contribution in [0.15, 0.2) is 24.5 Å². The molecule has 0 aliphatic carbocycles. The molecule has 8 nitrogen and oxygen atoms in total. The first-order valence-electron chi connectivity index (χ1n) is 6.44. The molecular weight excluding hydrogens is 274 g/mol. The van der Waals surface area contributed by atoms with E-state index in [9.17, 15) is 15.0 Å². The molecule has 1 heterocycles. The largest absolute Gasteiger partial charge is 0.504 e. The number of nitrogens with one attached hydrogen (secondary N) is 2. The molecule has 0 saturated heterocycles. The van der Waals surface area contributed by atoms with Gasteiger partial charge >= 0.3 is 0 Å². The zero-order chi connectivity index (χ0) is 15.2. The van der Waals surface area contributed by atoms with Gasteiger partial charge in [-0.3, -0.25) is 9.89 Å². The van der Waals surface area contributed by atoms with Crippen molar-refractivity contribution < 1.29 is 15.0 Å². The fraction of sp³-hybridized carbons (Fsp3) is 0.308. The van der Waals surface area contributed by atoms with Crippen molar-refractivity contribution in [3.05, 3.63) is 35.9 Å². The molecule has 1 aromatic carbocycles. The molecule has 21 heavy (non-hydrogen) atoms. The number of carbonyl (C=O) groups excluding carboxylic acids is 1. The van der Waals surface area contributed by atoms with Crippen molar-refractivity contribution in [1.29, 1.82) is 0 Å². The van der Waals surface area contributed by atoms with Crippen molar-refractivity contribution in [2.75, 3.05) is 6.54 Å². The third-order valence-corrected chi connectivity index (χ3v) is 2.96. The molecule has 0 saturated carbocycles. The van der Waals surface area contributed by atoms with E-state index in [1.165, 1.54) is 18.5 Å². The Labute approximate surface area is 121 Å². The van der Waals surface area contributed by atoms with E-state index in [0.29, 0.717) is 24.4 Å². The molecule has 1 amide bonds. The number of aromatic hydroxyl groups is 2. The Bertz CT molecular complexity index is 600. The van der Waals surface area contributed by atoms with Crippen LogP contribution in [0, 0.1) is 0 Å². The average molecular weight is 291 g/mol. The van der Waals surface area contributed by atoms with E-state index < -0.39 is 6.04 Å². The number of hydrogen-bond acceptors (Lipinski definition) is 6. The van der Waals surface area contributed by atoms with Gasteiger partial charge in [0.05, 0.1) is 6.04 Å². The maximum absolute atomic E-state index is 11.8. The van der Waals surface area contributed by atoms with Gasteiger partial charge in [-0.05, 0) is 24.1 Å². The highest BCUT2D eigenvalue weighted by molar-refractivity contribution is 5.81. The summed E-state index contributed by atoms with van der Waals surface area (Å²) < 4.78 is 0. The molecule has 0 radical (unpaired) electrons. The number of aromatic nitrogens is 3. The number of hydrogen-bond donors (Lipinski definition) is 5. The van der Waals surface area contributed by atoms with Crippen molar-refractivity contribution in [3.63, 3.8) is 0 Å². The third-order valence-electron chi connectivity index (χ3n) is 2.96. The second-order valence-electron chi connectivity index (χ2n) is 4.61. The molecule has 8 heteroatoms. The first kappa shape index (κ1) is 14.8. The molecule has 0 aliphatic heterocycles. The molecule has 0 fully saturated rings. The van der Waals surface area contributed by atoms with Crippen LogP contribution in [0.25, 0.3) is 0 Å². The highest BCUT2D eigenvalue weighted by Crippen LogP contribution is 2.25. The second kappa shape index (κ2) is 6.71. The lowest BCUT2D eigenvalue weighted by Gasteiger charge is -2.12. The van der Waals surface area contributed by atoms with Crippen LogP contribution in [0.2, 0.25) is 0 Å². The van der Waals surface area contributed by atoms with Gasteiger partial charge in [0.15, 0.2) is 11.5 Å². The Kier molecular flexibility index (Phi) is 4.72. The number of phenols is 2. The summed E-state index contributed by atoms with van der Waals surface area (Å²) in [6.45, 7) is 0.405. The van der Waals surface area contributed by atoms with Crippen molar-refractivity contribution in [2.24, 2.45) is 5.73 Å². The van der Waals surface area contributed by atoms with Gasteiger partial charge in [0.25, 0.3) is 0 Å². The van der Waals surface area contributed by atoms with Crippen LogP contribution in [0.1, 0.15) is 11.4 Å². The highest BCUT2D eigenvalue weighted by atomic mass is 16.3. The molecule has 112 valence electrons. The first-order chi connectivity index (χ1) is 10.1. The molecule has 2 rings (SSSR count). The number of nitrogens with two attached hydrogens (primary N) is 1. The lowest BCUT2D eigenvalue weighted by molar-refractivity contribution is -0.122. The van der Waals surface area contributed by atoms with Crippen LogP contribution in [0.5, 0.6) is 11.5 Å². The summed E-state index contributed by atoms with van der Waals surface area (Å²) in [6, 6.07) is 3.62. The van der Waals surface area contributed by atoms with E-state index >= 15 is 0 Å². The van der Waals surface area contributed by atoms with Crippen LogP contribution in [-0.2, 0) is 17.6 Å². The predicted octanol–water partition coefficient (Wildman–Crippen LogP) is -0.555. The Balaban J connectivity index is 1.80. The maximum Gasteiger partial charge on any atom is 0.237 e. The van der Waals surface area contributed by atoms with E-state index in [1.54, 1.807) is 6.07 Å². The zero-order valence-corrected chi connectivity index (χ0v) is 11.3. The zero-order valence-electron chi connectivity index (χ0n) is 11.3. The van der Waals surface area contributed by atoms with Crippen molar-refractivity contribution >= 4 is 5.91 Å². The highest BCUT2D eigenvalue weighted by Gasteiger charge is 2.14. The van der Waals surface area contributed by atoms with Crippen LogP contribution in [0.3, 0.4) is 0 Å². The molecular formula is C13H17N5O3. The predicted molar refractivity (Wildman–Crippen MR) is 74.5 cm³/mol. The maximum atomic E-state index is 11.8. The number of rotatable bonds is 6. The Morgan fingerprint density at radius 2 is 2.19 bits per heavy atom. The number of benzene rings is 1. The Hall–Kier alpha value is -2.61. The minimum absolute atomic E-state index is 0.205. The van der Waals surface area contributed by atoms with Gasteiger partial charge < -0.3 is 21.3 Å². The molecule has 2 aromatic rings. The lowest BCUT2D eigenvalue weighted by Crippen LogP contribution is -2.42. The number of carbonyl (C=O) groups is 1. The Morgan fingerprint density at radius 3 is 2.86 bits per heavy atom. The summed E-state index contributed by atoms with van der Waals surface area (Å²) >= 11 is 0. The van der Waals surface area contributed by atoms with Gasteiger partial charge in [0.2, 0.25) is 5.91 Å². The van der Waals surface area contributed by atoms with Crippen LogP contribution >= 0.6 is 0 Å². The minimum Gasteiger partial charge on any atom is -0.504 e. The summed E-state index contributed by atoms with van der Waals surface area (Å²) in [5.41, 5.74) is 6.47.